The summed E-state index contributed by atoms with van der Waals surface area (Å²) in [5, 5.41) is 0. The van der Waals surface area contributed by atoms with Gasteiger partial charge in [0.15, 0.2) is 11.2 Å². The fourth-order valence-corrected chi connectivity index (χ4v) is 7.96. The molecule has 0 spiro atoms. The molecule has 2 heterocycles. The molecule has 2 fully saturated rings. The van der Waals surface area contributed by atoms with Crippen molar-refractivity contribution in [3.63, 3.8) is 0 Å². The monoisotopic (exact) mass is 478 g/mol. The fraction of sp³-hybridized carbons (Fsp3) is 0.739. The van der Waals surface area contributed by atoms with E-state index in [-0.39, 0.29) is 35.2 Å². The Kier molecular flexibility index (Phi) is 5.95. The molecule has 0 aliphatic heterocycles. The van der Waals surface area contributed by atoms with Crippen LogP contribution < -0.4 is 11.2 Å². The van der Waals surface area contributed by atoms with Gasteiger partial charge in [0.05, 0.1) is 11.2 Å². The molecule has 2 aromatic rings. The number of carbonyl (C=O) groups excluding carboxylic acids is 1. The number of hydrogen-bond donors (Lipinski definition) is 0. The van der Waals surface area contributed by atoms with Crippen molar-refractivity contribution in [2.75, 3.05) is 5.75 Å². The lowest BCUT2D eigenvalue weighted by molar-refractivity contribution is -0.128. The first kappa shape index (κ1) is 23.9. The highest BCUT2D eigenvalue weighted by Gasteiger charge is 2.65. The van der Waals surface area contributed by atoms with Crippen LogP contribution in [0, 0.1) is 16.7 Å². The van der Waals surface area contributed by atoms with Gasteiger partial charge in [0.2, 0.25) is 10.0 Å². The highest BCUT2D eigenvalue weighted by atomic mass is 32.2. The van der Waals surface area contributed by atoms with Crippen molar-refractivity contribution < 1.29 is 13.2 Å². The Morgan fingerprint density at radius 1 is 1.06 bits per heavy atom. The molecule has 2 saturated carbocycles. The molecule has 33 heavy (non-hydrogen) atoms. The fourth-order valence-electron chi connectivity index (χ4n) is 5.89. The summed E-state index contributed by atoms with van der Waals surface area (Å²) in [6.07, 6.45) is 5.86. The second-order valence-electron chi connectivity index (χ2n) is 10.2. The number of imidazole rings is 1. The van der Waals surface area contributed by atoms with Gasteiger partial charge < -0.3 is 0 Å². The summed E-state index contributed by atoms with van der Waals surface area (Å²) in [4.78, 5) is 43.6. The number of carbonyl (C=O) groups is 1. The van der Waals surface area contributed by atoms with Gasteiger partial charge in [0.25, 0.3) is 5.56 Å². The summed E-state index contributed by atoms with van der Waals surface area (Å²) < 4.78 is 30.9. The van der Waals surface area contributed by atoms with Crippen LogP contribution in [0.2, 0.25) is 0 Å². The maximum Gasteiger partial charge on any atom is 0.332 e. The number of aromatic nitrogens is 4. The van der Waals surface area contributed by atoms with Crippen LogP contribution in [0.5, 0.6) is 0 Å². The Morgan fingerprint density at radius 3 is 2.24 bits per heavy atom. The van der Waals surface area contributed by atoms with Gasteiger partial charge in [-0.05, 0) is 37.0 Å². The van der Waals surface area contributed by atoms with E-state index in [1.807, 2.05) is 27.7 Å². The van der Waals surface area contributed by atoms with E-state index in [9.17, 15) is 22.8 Å². The summed E-state index contributed by atoms with van der Waals surface area (Å²) in [5.41, 5.74) is -2.48. The van der Waals surface area contributed by atoms with Gasteiger partial charge in [0, 0.05) is 19.5 Å². The number of fused-ring (bicyclic) bond motifs is 3. The molecule has 10 heteroatoms. The predicted molar refractivity (Wildman–Crippen MR) is 126 cm³/mol. The Labute approximate surface area is 193 Å². The largest absolute Gasteiger partial charge is 0.332 e. The van der Waals surface area contributed by atoms with Crippen molar-refractivity contribution in [1.29, 1.82) is 0 Å². The van der Waals surface area contributed by atoms with Crippen molar-refractivity contribution >= 4 is 27.0 Å². The summed E-state index contributed by atoms with van der Waals surface area (Å²) in [7, 11) is -4.08. The minimum absolute atomic E-state index is 0.00282. The lowest BCUT2D eigenvalue weighted by Crippen LogP contribution is -2.44. The second kappa shape index (κ2) is 8.21. The molecule has 0 amide bonds. The molecular weight excluding hydrogens is 444 g/mol. The average molecular weight is 479 g/mol. The van der Waals surface area contributed by atoms with E-state index in [1.54, 1.807) is 0 Å². The first-order valence-corrected chi connectivity index (χ1v) is 13.6. The number of nitrogens with zero attached hydrogens (tertiary/aromatic N) is 4. The van der Waals surface area contributed by atoms with Crippen LogP contribution in [0.4, 0.5) is 0 Å². The molecule has 2 aliphatic carbocycles. The SMILES string of the molecule is CCCCn1c(=O)c2c(ncn2S(=O)(=O)CC23CCC(CC2=O)C3(C)C)n(CCCC)c1=O. The molecule has 0 saturated heterocycles. The molecule has 2 atom stereocenters. The predicted octanol–water partition coefficient (Wildman–Crippen LogP) is 2.53. The highest BCUT2D eigenvalue weighted by Crippen LogP contribution is 2.64. The smallest absolute Gasteiger partial charge is 0.299 e. The van der Waals surface area contributed by atoms with Gasteiger partial charge >= 0.3 is 5.69 Å². The summed E-state index contributed by atoms with van der Waals surface area (Å²) in [5.74, 6) is -0.168. The van der Waals surface area contributed by atoms with Gasteiger partial charge in [0.1, 0.15) is 12.1 Å². The number of rotatable bonds is 9. The molecular formula is C23H34N4O5S. The van der Waals surface area contributed by atoms with E-state index in [4.69, 9.17) is 0 Å². The van der Waals surface area contributed by atoms with Crippen molar-refractivity contribution in [3.8, 4) is 0 Å². The van der Waals surface area contributed by atoms with Crippen LogP contribution in [0.3, 0.4) is 0 Å². The number of hydrogen-bond acceptors (Lipinski definition) is 6. The maximum absolute atomic E-state index is 13.7. The Hall–Kier alpha value is -2.23. The van der Waals surface area contributed by atoms with Crippen molar-refractivity contribution in [1.82, 2.24) is 18.1 Å². The van der Waals surface area contributed by atoms with E-state index < -0.39 is 32.1 Å². The molecule has 2 unspecified atom stereocenters. The van der Waals surface area contributed by atoms with Crippen molar-refractivity contribution in [2.24, 2.45) is 16.7 Å². The minimum atomic E-state index is -4.08. The number of aryl methyl sites for hydroxylation is 1. The van der Waals surface area contributed by atoms with E-state index in [0.717, 1.165) is 34.1 Å². The molecule has 0 radical (unpaired) electrons. The third-order valence-corrected chi connectivity index (χ3v) is 9.95. The second-order valence-corrected chi connectivity index (χ2v) is 12.1. The first-order valence-electron chi connectivity index (χ1n) is 12.0. The van der Waals surface area contributed by atoms with E-state index in [1.165, 1.54) is 4.57 Å². The van der Waals surface area contributed by atoms with E-state index in [2.05, 4.69) is 4.98 Å². The van der Waals surface area contributed by atoms with Crippen LogP contribution in [-0.4, -0.2) is 38.0 Å². The maximum atomic E-state index is 13.7. The van der Waals surface area contributed by atoms with E-state index >= 15 is 0 Å². The summed E-state index contributed by atoms with van der Waals surface area (Å²) in [6, 6.07) is 0. The quantitative estimate of drug-likeness (QED) is 0.547. The third-order valence-electron chi connectivity index (χ3n) is 8.22. The van der Waals surface area contributed by atoms with Gasteiger partial charge in [-0.25, -0.2) is 22.2 Å². The lowest BCUT2D eigenvalue weighted by atomic mass is 9.70. The first-order chi connectivity index (χ1) is 15.5. The standard InChI is InChI=1S/C23H34N4O5S/c1-5-7-11-25-19-18(20(29)26(21(25)30)12-8-6-2)27(15-24-19)33(31,32)14-23-10-9-16(13-17(23)28)22(23,3)4/h15-16H,5-14H2,1-4H3. The number of unbranched alkanes of at least 4 members (excludes halogenated alkanes) is 2. The summed E-state index contributed by atoms with van der Waals surface area (Å²) >= 11 is 0. The molecule has 2 bridgehead atoms. The minimum Gasteiger partial charge on any atom is -0.299 e. The average Bonchev–Trinajstić information content (AvgIpc) is 3.35. The van der Waals surface area contributed by atoms with Crippen molar-refractivity contribution in [3.05, 3.63) is 27.2 Å². The van der Waals surface area contributed by atoms with Crippen LogP contribution in [0.25, 0.3) is 11.2 Å². The Bertz CT molecular complexity index is 1320. The number of ketones is 1. The lowest BCUT2D eigenvalue weighted by Gasteiger charge is -2.36. The molecule has 4 rings (SSSR count). The Morgan fingerprint density at radius 2 is 1.70 bits per heavy atom. The van der Waals surface area contributed by atoms with Crippen LogP contribution >= 0.6 is 0 Å². The van der Waals surface area contributed by atoms with Gasteiger partial charge in [-0.2, -0.15) is 0 Å². The third kappa shape index (κ3) is 3.43. The molecule has 182 valence electrons. The number of Topliss-reactive ketones (excluding diaryl/α,β-unsaturated/α-hetero) is 1. The molecule has 2 aromatic heterocycles. The van der Waals surface area contributed by atoms with E-state index in [0.29, 0.717) is 32.2 Å². The highest BCUT2D eigenvalue weighted by molar-refractivity contribution is 7.90. The molecule has 9 nitrogen and oxygen atoms in total. The molecule has 0 aromatic carbocycles. The Balaban J connectivity index is 1.88. The summed E-state index contributed by atoms with van der Waals surface area (Å²) in [6.45, 7) is 8.49. The zero-order chi connectivity index (χ0) is 24.2. The van der Waals surface area contributed by atoms with Crippen LogP contribution in [-0.2, 0) is 27.9 Å². The van der Waals surface area contributed by atoms with Gasteiger partial charge in [-0.15, -0.1) is 0 Å². The normalized spacial score (nSPS) is 24.2. The zero-order valence-electron chi connectivity index (χ0n) is 20.0. The van der Waals surface area contributed by atoms with Crippen LogP contribution in [0.15, 0.2) is 15.9 Å². The molecule has 0 N–H and O–H groups in total. The van der Waals surface area contributed by atoms with Gasteiger partial charge in [-0.1, -0.05) is 40.5 Å². The van der Waals surface area contributed by atoms with Crippen molar-refractivity contribution in [2.45, 2.75) is 85.7 Å². The topological polar surface area (TPSA) is 113 Å². The van der Waals surface area contributed by atoms with Crippen LogP contribution in [0.1, 0.15) is 72.6 Å². The zero-order valence-corrected chi connectivity index (χ0v) is 20.8. The van der Waals surface area contributed by atoms with Gasteiger partial charge in [-0.3, -0.25) is 18.7 Å². The molecule has 2 aliphatic rings.